The first-order valence-electron chi connectivity index (χ1n) is 9.80. The highest BCUT2D eigenvalue weighted by Crippen LogP contribution is 2.61. The molecule has 4 heteroatoms. The normalized spacial score (nSPS) is 36.5. The molecule has 0 radical (unpaired) electrons. The molecule has 132 valence electrons. The van der Waals surface area contributed by atoms with E-state index in [0.717, 1.165) is 29.7 Å². The number of carbonyl (C=O) groups excluding carboxylic acids is 1. The van der Waals surface area contributed by atoms with E-state index in [2.05, 4.69) is 17.3 Å². The molecule has 4 aliphatic rings. The Morgan fingerprint density at radius 3 is 2.33 bits per heavy atom. The van der Waals surface area contributed by atoms with Crippen LogP contribution in [0.2, 0.25) is 0 Å². The van der Waals surface area contributed by atoms with Crippen molar-refractivity contribution in [3.05, 3.63) is 18.0 Å². The van der Waals surface area contributed by atoms with Crippen molar-refractivity contribution in [1.29, 1.82) is 0 Å². The zero-order valence-electron chi connectivity index (χ0n) is 15.3. The monoisotopic (exact) mass is 329 g/mol. The maximum Gasteiger partial charge on any atom is 0.244 e. The number of hydrogen-bond donors (Lipinski definition) is 1. The fraction of sp³-hybridized carbons (Fsp3) is 0.800. The lowest BCUT2D eigenvalue weighted by atomic mass is 9.47. The molecule has 4 aliphatic carbocycles. The van der Waals surface area contributed by atoms with Crippen LogP contribution >= 0.6 is 0 Å². The zero-order chi connectivity index (χ0) is 16.9. The summed E-state index contributed by atoms with van der Waals surface area (Å²) in [5.74, 6) is 2.90. The summed E-state index contributed by atoms with van der Waals surface area (Å²) in [5, 5.41) is 7.75. The number of nitrogens with one attached hydrogen (secondary N) is 1. The first kappa shape index (κ1) is 16.2. The molecule has 0 saturated heterocycles. The van der Waals surface area contributed by atoms with E-state index in [1.807, 2.05) is 26.2 Å². The summed E-state index contributed by atoms with van der Waals surface area (Å²) in [7, 11) is 0. The van der Waals surface area contributed by atoms with Crippen molar-refractivity contribution in [2.24, 2.45) is 23.2 Å². The number of hydrogen-bond acceptors (Lipinski definition) is 2. The SMILES string of the molecule is CCC(NC(=O)C(C)n1cc(C)cn1)C12CC3CC(CC(C3)C1)C2. The van der Waals surface area contributed by atoms with Crippen molar-refractivity contribution in [3.8, 4) is 0 Å². The average Bonchev–Trinajstić information content (AvgIpc) is 2.96. The molecule has 5 rings (SSSR count). The van der Waals surface area contributed by atoms with Crippen LogP contribution in [0.1, 0.15) is 70.4 Å². The minimum Gasteiger partial charge on any atom is -0.351 e. The zero-order valence-corrected chi connectivity index (χ0v) is 15.3. The molecule has 4 nitrogen and oxygen atoms in total. The summed E-state index contributed by atoms with van der Waals surface area (Å²) >= 11 is 0. The third-order valence-corrected chi connectivity index (χ3v) is 7.06. The van der Waals surface area contributed by atoms with Crippen LogP contribution in [0.5, 0.6) is 0 Å². The van der Waals surface area contributed by atoms with Crippen molar-refractivity contribution < 1.29 is 4.79 Å². The molecule has 0 spiro atoms. The topological polar surface area (TPSA) is 46.9 Å². The molecule has 1 aromatic heterocycles. The van der Waals surface area contributed by atoms with Gasteiger partial charge in [0.2, 0.25) is 5.91 Å². The van der Waals surface area contributed by atoms with E-state index < -0.39 is 0 Å². The molecule has 4 bridgehead atoms. The number of aromatic nitrogens is 2. The first-order valence-corrected chi connectivity index (χ1v) is 9.80. The van der Waals surface area contributed by atoms with Crippen LogP contribution in [0.25, 0.3) is 0 Å². The van der Waals surface area contributed by atoms with E-state index in [9.17, 15) is 4.79 Å². The Hall–Kier alpha value is -1.32. The summed E-state index contributed by atoms with van der Waals surface area (Å²) in [5.41, 5.74) is 1.47. The lowest BCUT2D eigenvalue weighted by Crippen LogP contribution is -2.57. The number of amides is 1. The summed E-state index contributed by atoms with van der Waals surface area (Å²) < 4.78 is 1.79. The number of carbonyl (C=O) groups is 1. The van der Waals surface area contributed by atoms with Crippen LogP contribution in [0.3, 0.4) is 0 Å². The highest BCUT2D eigenvalue weighted by atomic mass is 16.2. The molecule has 1 N–H and O–H groups in total. The quantitative estimate of drug-likeness (QED) is 0.891. The highest BCUT2D eigenvalue weighted by molar-refractivity contribution is 5.80. The average molecular weight is 329 g/mol. The fourth-order valence-corrected chi connectivity index (χ4v) is 6.35. The number of nitrogens with zero attached hydrogens (tertiary/aromatic N) is 2. The van der Waals surface area contributed by atoms with Gasteiger partial charge in [-0.1, -0.05) is 6.92 Å². The fourth-order valence-electron chi connectivity index (χ4n) is 6.35. The van der Waals surface area contributed by atoms with Gasteiger partial charge in [-0.15, -0.1) is 0 Å². The molecule has 0 aliphatic heterocycles. The van der Waals surface area contributed by atoms with Crippen LogP contribution < -0.4 is 5.32 Å². The van der Waals surface area contributed by atoms with Crippen molar-refractivity contribution >= 4 is 5.91 Å². The van der Waals surface area contributed by atoms with Gasteiger partial charge in [-0.05, 0) is 87.5 Å². The Morgan fingerprint density at radius 1 is 1.29 bits per heavy atom. The molecule has 1 heterocycles. The van der Waals surface area contributed by atoms with Crippen LogP contribution in [0.15, 0.2) is 12.4 Å². The molecular formula is C20H31N3O. The molecule has 4 saturated carbocycles. The smallest absolute Gasteiger partial charge is 0.244 e. The van der Waals surface area contributed by atoms with E-state index in [1.165, 1.54) is 38.5 Å². The van der Waals surface area contributed by atoms with Gasteiger partial charge in [-0.2, -0.15) is 5.10 Å². The van der Waals surface area contributed by atoms with Crippen molar-refractivity contribution in [1.82, 2.24) is 15.1 Å². The Kier molecular flexibility index (Phi) is 3.97. The van der Waals surface area contributed by atoms with E-state index >= 15 is 0 Å². The van der Waals surface area contributed by atoms with Crippen LogP contribution in [-0.2, 0) is 4.79 Å². The van der Waals surface area contributed by atoms with Gasteiger partial charge in [0, 0.05) is 12.2 Å². The van der Waals surface area contributed by atoms with Crippen LogP contribution in [-0.4, -0.2) is 21.7 Å². The molecular weight excluding hydrogens is 298 g/mol. The summed E-state index contributed by atoms with van der Waals surface area (Å²) in [6.45, 7) is 6.21. The van der Waals surface area contributed by atoms with Gasteiger partial charge < -0.3 is 5.32 Å². The summed E-state index contributed by atoms with van der Waals surface area (Å²) in [6, 6.07) is 0.0965. The van der Waals surface area contributed by atoms with E-state index in [0.29, 0.717) is 11.5 Å². The standard InChI is InChI=1S/C20H31N3O/c1-4-18(22-19(24)14(3)23-12-13(2)11-21-23)20-8-15-5-16(9-20)7-17(6-15)10-20/h11-12,14-18H,4-10H2,1-3H3,(H,22,24). The number of aryl methyl sites for hydroxylation is 1. The maximum atomic E-state index is 12.8. The Labute approximate surface area is 145 Å². The Balaban J connectivity index is 1.49. The second kappa shape index (κ2) is 5.89. The van der Waals surface area contributed by atoms with Gasteiger partial charge in [0.1, 0.15) is 6.04 Å². The second-order valence-electron chi connectivity index (χ2n) is 8.92. The molecule has 0 aromatic carbocycles. The molecule has 24 heavy (non-hydrogen) atoms. The Morgan fingerprint density at radius 2 is 1.88 bits per heavy atom. The van der Waals surface area contributed by atoms with E-state index in [4.69, 9.17) is 0 Å². The lowest BCUT2D eigenvalue weighted by Gasteiger charge is -2.59. The summed E-state index contributed by atoms with van der Waals surface area (Å²) in [4.78, 5) is 12.8. The van der Waals surface area contributed by atoms with Crippen molar-refractivity contribution in [2.75, 3.05) is 0 Å². The van der Waals surface area contributed by atoms with Gasteiger partial charge in [0.15, 0.2) is 0 Å². The molecule has 1 aromatic rings. The molecule has 2 atom stereocenters. The highest BCUT2D eigenvalue weighted by Gasteiger charge is 2.54. The van der Waals surface area contributed by atoms with Gasteiger partial charge in [-0.25, -0.2) is 0 Å². The maximum absolute atomic E-state index is 12.8. The van der Waals surface area contributed by atoms with Crippen LogP contribution in [0, 0.1) is 30.1 Å². The predicted octanol–water partition coefficient (Wildman–Crippen LogP) is 3.86. The van der Waals surface area contributed by atoms with Gasteiger partial charge in [0.25, 0.3) is 0 Å². The molecule has 2 unspecified atom stereocenters. The van der Waals surface area contributed by atoms with Crippen LogP contribution in [0.4, 0.5) is 0 Å². The number of rotatable bonds is 5. The third-order valence-electron chi connectivity index (χ3n) is 7.06. The van der Waals surface area contributed by atoms with Gasteiger partial charge >= 0.3 is 0 Å². The molecule has 1 amide bonds. The van der Waals surface area contributed by atoms with E-state index in [-0.39, 0.29) is 11.9 Å². The van der Waals surface area contributed by atoms with Crippen molar-refractivity contribution in [3.63, 3.8) is 0 Å². The second-order valence-corrected chi connectivity index (χ2v) is 8.92. The van der Waals surface area contributed by atoms with Gasteiger partial charge in [-0.3, -0.25) is 9.48 Å². The van der Waals surface area contributed by atoms with Crippen molar-refractivity contribution in [2.45, 2.75) is 77.8 Å². The lowest BCUT2D eigenvalue weighted by molar-refractivity contribution is -0.129. The largest absolute Gasteiger partial charge is 0.351 e. The predicted molar refractivity (Wildman–Crippen MR) is 94.5 cm³/mol. The summed E-state index contributed by atoms with van der Waals surface area (Å²) in [6.07, 6.45) is 13.2. The minimum atomic E-state index is -0.235. The Bertz CT molecular complexity index is 585. The van der Waals surface area contributed by atoms with E-state index in [1.54, 1.807) is 4.68 Å². The van der Waals surface area contributed by atoms with Gasteiger partial charge in [0.05, 0.1) is 6.20 Å². The third kappa shape index (κ3) is 2.68. The molecule has 4 fully saturated rings. The first-order chi connectivity index (χ1) is 11.5. The minimum absolute atomic E-state index is 0.126.